The van der Waals surface area contributed by atoms with Gasteiger partial charge in [-0.1, -0.05) is 12.1 Å². The second kappa shape index (κ2) is 5.57. The summed E-state index contributed by atoms with van der Waals surface area (Å²) >= 11 is 0. The fourth-order valence-electron chi connectivity index (χ4n) is 1.98. The Balaban J connectivity index is 1.98. The number of carbonyl (C=O) groups excluding carboxylic acids is 1. The van der Waals surface area contributed by atoms with Gasteiger partial charge < -0.3 is 15.4 Å². The molecule has 0 bridgehead atoms. The van der Waals surface area contributed by atoms with E-state index in [0.29, 0.717) is 13.0 Å². The van der Waals surface area contributed by atoms with Gasteiger partial charge in [0, 0.05) is 13.6 Å². The van der Waals surface area contributed by atoms with Crippen molar-refractivity contribution in [1.29, 1.82) is 0 Å². The molecule has 1 aliphatic heterocycles. The maximum absolute atomic E-state index is 11.1. The maximum atomic E-state index is 11.1. The van der Waals surface area contributed by atoms with E-state index < -0.39 is 0 Å². The van der Waals surface area contributed by atoms with E-state index in [2.05, 4.69) is 16.7 Å². The summed E-state index contributed by atoms with van der Waals surface area (Å²) < 4.78 is 5.65. The standard InChI is InChI=1S/C13H18N2O2/c1-14-12(16)7-9-17-11-6-2-4-10-5-3-8-15-13(10)11/h2,4,6,15H,3,5,7-9H2,1H3,(H,14,16). The number of nitrogens with one attached hydrogen (secondary N) is 2. The predicted octanol–water partition coefficient (Wildman–Crippen LogP) is 1.56. The van der Waals surface area contributed by atoms with Crippen molar-refractivity contribution in [2.45, 2.75) is 19.3 Å². The molecule has 0 fully saturated rings. The van der Waals surface area contributed by atoms with Crippen LogP contribution in [0.3, 0.4) is 0 Å². The molecule has 1 aromatic carbocycles. The number of ether oxygens (including phenoxy) is 1. The molecule has 0 spiro atoms. The van der Waals surface area contributed by atoms with Crippen LogP contribution in [0, 0.1) is 0 Å². The lowest BCUT2D eigenvalue weighted by Crippen LogP contribution is -2.20. The van der Waals surface area contributed by atoms with Gasteiger partial charge in [-0.05, 0) is 24.5 Å². The quantitative estimate of drug-likeness (QED) is 0.831. The SMILES string of the molecule is CNC(=O)CCOc1cccc2c1NCCC2. The minimum atomic E-state index is 0.00255. The lowest BCUT2D eigenvalue weighted by atomic mass is 10.0. The first kappa shape index (κ1) is 11.8. The van der Waals surface area contributed by atoms with Gasteiger partial charge in [0.1, 0.15) is 5.75 Å². The van der Waals surface area contributed by atoms with Crippen LogP contribution in [0.2, 0.25) is 0 Å². The minimum absolute atomic E-state index is 0.00255. The van der Waals surface area contributed by atoms with Crippen LogP contribution in [0.25, 0.3) is 0 Å². The highest BCUT2D eigenvalue weighted by atomic mass is 16.5. The first-order chi connectivity index (χ1) is 8.31. The van der Waals surface area contributed by atoms with E-state index in [1.165, 1.54) is 5.56 Å². The third kappa shape index (κ3) is 2.90. The van der Waals surface area contributed by atoms with Gasteiger partial charge in [0.15, 0.2) is 0 Å². The summed E-state index contributed by atoms with van der Waals surface area (Å²) in [4.78, 5) is 11.1. The summed E-state index contributed by atoms with van der Waals surface area (Å²) in [6, 6.07) is 6.06. The van der Waals surface area contributed by atoms with Crippen molar-refractivity contribution in [2.75, 3.05) is 25.5 Å². The molecule has 1 heterocycles. The Kier molecular flexibility index (Phi) is 3.85. The van der Waals surface area contributed by atoms with Gasteiger partial charge >= 0.3 is 0 Å². The van der Waals surface area contributed by atoms with Gasteiger partial charge in [0.2, 0.25) is 5.91 Å². The molecule has 0 radical (unpaired) electrons. The van der Waals surface area contributed by atoms with Gasteiger partial charge in [0.25, 0.3) is 0 Å². The van der Waals surface area contributed by atoms with E-state index in [4.69, 9.17) is 4.74 Å². The molecule has 1 amide bonds. The number of amides is 1. The third-order valence-corrected chi connectivity index (χ3v) is 2.90. The fraction of sp³-hybridized carbons (Fsp3) is 0.462. The Hall–Kier alpha value is -1.71. The van der Waals surface area contributed by atoms with Gasteiger partial charge in [-0.25, -0.2) is 0 Å². The van der Waals surface area contributed by atoms with Crippen LogP contribution in [0.4, 0.5) is 5.69 Å². The summed E-state index contributed by atoms with van der Waals surface area (Å²) in [6.07, 6.45) is 2.64. The molecule has 0 aliphatic carbocycles. The van der Waals surface area contributed by atoms with Gasteiger partial charge in [-0.3, -0.25) is 4.79 Å². The van der Waals surface area contributed by atoms with Crippen LogP contribution in [0.1, 0.15) is 18.4 Å². The summed E-state index contributed by atoms with van der Waals surface area (Å²) in [5.74, 6) is 0.855. The van der Waals surface area contributed by atoms with Gasteiger partial charge in [-0.15, -0.1) is 0 Å². The van der Waals surface area contributed by atoms with Crippen molar-refractivity contribution in [1.82, 2.24) is 5.32 Å². The fourth-order valence-corrected chi connectivity index (χ4v) is 1.98. The number of anilines is 1. The molecule has 17 heavy (non-hydrogen) atoms. The molecule has 0 atom stereocenters. The Morgan fingerprint density at radius 2 is 2.41 bits per heavy atom. The smallest absolute Gasteiger partial charge is 0.223 e. The van der Waals surface area contributed by atoms with Crippen molar-refractivity contribution in [3.63, 3.8) is 0 Å². The van der Waals surface area contributed by atoms with Crippen molar-refractivity contribution < 1.29 is 9.53 Å². The largest absolute Gasteiger partial charge is 0.491 e. The molecule has 0 aromatic heterocycles. The van der Waals surface area contributed by atoms with Crippen molar-refractivity contribution >= 4 is 11.6 Å². The normalized spacial score (nSPS) is 13.5. The topological polar surface area (TPSA) is 50.4 Å². The summed E-state index contributed by atoms with van der Waals surface area (Å²) in [5, 5.41) is 5.94. The highest BCUT2D eigenvalue weighted by molar-refractivity contribution is 5.75. The number of para-hydroxylation sites is 1. The predicted molar refractivity (Wildman–Crippen MR) is 67.4 cm³/mol. The molecule has 1 aromatic rings. The van der Waals surface area contributed by atoms with Crippen LogP contribution in [-0.4, -0.2) is 26.1 Å². The van der Waals surface area contributed by atoms with E-state index >= 15 is 0 Å². The van der Waals surface area contributed by atoms with Gasteiger partial charge in [-0.2, -0.15) is 0 Å². The summed E-state index contributed by atoms with van der Waals surface area (Å²) in [6.45, 7) is 1.40. The molecule has 1 aliphatic rings. The molecule has 0 unspecified atom stereocenters. The first-order valence-electron chi connectivity index (χ1n) is 6.00. The molecule has 2 N–H and O–H groups in total. The molecule has 0 saturated carbocycles. The average molecular weight is 234 g/mol. The number of carbonyl (C=O) groups is 1. The molecule has 92 valence electrons. The first-order valence-corrected chi connectivity index (χ1v) is 6.00. The lowest BCUT2D eigenvalue weighted by molar-refractivity contribution is -0.121. The van der Waals surface area contributed by atoms with Crippen molar-refractivity contribution in [3.8, 4) is 5.75 Å². The van der Waals surface area contributed by atoms with E-state index in [9.17, 15) is 4.79 Å². The molecular formula is C13H18N2O2. The third-order valence-electron chi connectivity index (χ3n) is 2.90. The second-order valence-electron chi connectivity index (χ2n) is 4.09. The zero-order chi connectivity index (χ0) is 12.1. The van der Waals surface area contributed by atoms with E-state index in [0.717, 1.165) is 30.8 Å². The Bertz CT molecular complexity index is 404. The number of hydrogen-bond donors (Lipinski definition) is 2. The second-order valence-corrected chi connectivity index (χ2v) is 4.09. The average Bonchev–Trinajstić information content (AvgIpc) is 2.39. The highest BCUT2D eigenvalue weighted by Gasteiger charge is 2.13. The molecule has 2 rings (SSSR count). The Morgan fingerprint density at radius 3 is 3.24 bits per heavy atom. The molecule has 4 nitrogen and oxygen atoms in total. The Labute approximate surface area is 101 Å². The van der Waals surface area contributed by atoms with Crippen LogP contribution < -0.4 is 15.4 Å². The molecule has 0 saturated heterocycles. The van der Waals surface area contributed by atoms with E-state index in [-0.39, 0.29) is 5.91 Å². The van der Waals surface area contributed by atoms with Crippen LogP contribution in [-0.2, 0) is 11.2 Å². The highest BCUT2D eigenvalue weighted by Crippen LogP contribution is 2.31. The number of benzene rings is 1. The number of fused-ring (bicyclic) bond motifs is 1. The van der Waals surface area contributed by atoms with E-state index in [1.54, 1.807) is 7.05 Å². The van der Waals surface area contributed by atoms with Crippen molar-refractivity contribution in [3.05, 3.63) is 23.8 Å². The number of hydrogen-bond acceptors (Lipinski definition) is 3. The minimum Gasteiger partial charge on any atom is -0.491 e. The Morgan fingerprint density at radius 1 is 1.53 bits per heavy atom. The molecular weight excluding hydrogens is 216 g/mol. The van der Waals surface area contributed by atoms with Gasteiger partial charge in [0.05, 0.1) is 18.7 Å². The zero-order valence-electron chi connectivity index (χ0n) is 10.1. The van der Waals surface area contributed by atoms with E-state index in [1.807, 2.05) is 12.1 Å². The lowest BCUT2D eigenvalue weighted by Gasteiger charge is -2.21. The van der Waals surface area contributed by atoms with Crippen LogP contribution in [0.5, 0.6) is 5.75 Å². The summed E-state index contributed by atoms with van der Waals surface area (Å²) in [5.41, 5.74) is 2.39. The number of aryl methyl sites for hydroxylation is 1. The zero-order valence-corrected chi connectivity index (χ0v) is 10.1. The van der Waals surface area contributed by atoms with Crippen LogP contribution in [0.15, 0.2) is 18.2 Å². The van der Waals surface area contributed by atoms with Crippen molar-refractivity contribution in [2.24, 2.45) is 0 Å². The number of rotatable bonds is 4. The summed E-state index contributed by atoms with van der Waals surface area (Å²) in [7, 11) is 1.63. The maximum Gasteiger partial charge on any atom is 0.223 e. The molecule has 4 heteroatoms. The van der Waals surface area contributed by atoms with Crippen LogP contribution >= 0.6 is 0 Å². The monoisotopic (exact) mass is 234 g/mol.